The highest BCUT2D eigenvalue weighted by Gasteiger charge is 1.96. The Morgan fingerprint density at radius 3 is 2.75 bits per heavy atom. The quantitative estimate of drug-likeness (QED) is 0.503. The van der Waals surface area contributed by atoms with Crippen molar-refractivity contribution in [3.63, 3.8) is 0 Å². The van der Waals surface area contributed by atoms with Crippen LogP contribution in [-0.4, -0.2) is 11.3 Å². The lowest BCUT2D eigenvalue weighted by Gasteiger charge is -2.06. The highest BCUT2D eigenvalue weighted by atomic mass is 32.1. The molecule has 0 spiro atoms. The van der Waals surface area contributed by atoms with Crippen LogP contribution >= 0.6 is 12.2 Å². The molecule has 4 nitrogen and oxygen atoms in total. The first-order chi connectivity index (χ1) is 9.74. The number of hydrogen-bond acceptors (Lipinski definition) is 3. The molecule has 0 amide bonds. The van der Waals surface area contributed by atoms with Gasteiger partial charge in [0.15, 0.2) is 5.11 Å². The van der Waals surface area contributed by atoms with Gasteiger partial charge in [-0.2, -0.15) is 5.10 Å². The zero-order chi connectivity index (χ0) is 14.2. The van der Waals surface area contributed by atoms with E-state index in [0.717, 1.165) is 16.9 Å². The lowest BCUT2D eigenvalue weighted by molar-refractivity contribution is 0.306. The molecule has 3 N–H and O–H groups in total. The maximum Gasteiger partial charge on any atom is 0.184 e. The lowest BCUT2D eigenvalue weighted by atomic mass is 10.2. The van der Waals surface area contributed by atoms with Gasteiger partial charge in [-0.15, -0.1) is 0 Å². The summed E-state index contributed by atoms with van der Waals surface area (Å²) in [6.07, 6.45) is 1.63. The molecule has 0 saturated heterocycles. The van der Waals surface area contributed by atoms with Crippen LogP contribution in [0.4, 0.5) is 0 Å². The predicted molar refractivity (Wildman–Crippen MR) is 84.7 cm³/mol. The van der Waals surface area contributed by atoms with E-state index < -0.39 is 0 Å². The Morgan fingerprint density at radius 2 is 2.00 bits per heavy atom. The number of thiocarbonyl (C=S) groups is 1. The second kappa shape index (κ2) is 7.25. The average Bonchev–Trinajstić information content (AvgIpc) is 2.46. The van der Waals surface area contributed by atoms with E-state index in [0.29, 0.717) is 6.61 Å². The number of nitrogens with two attached hydrogens (primary N) is 1. The van der Waals surface area contributed by atoms with Gasteiger partial charge >= 0.3 is 0 Å². The van der Waals surface area contributed by atoms with Gasteiger partial charge in [-0.3, -0.25) is 5.43 Å². The molecule has 0 radical (unpaired) electrons. The summed E-state index contributed by atoms with van der Waals surface area (Å²) in [6, 6.07) is 17.6. The lowest BCUT2D eigenvalue weighted by Crippen LogP contribution is -2.23. The van der Waals surface area contributed by atoms with Crippen molar-refractivity contribution in [2.75, 3.05) is 0 Å². The van der Waals surface area contributed by atoms with Gasteiger partial charge in [0.25, 0.3) is 0 Å². The largest absolute Gasteiger partial charge is 0.489 e. The van der Waals surface area contributed by atoms with E-state index in [1.807, 2.05) is 54.6 Å². The molecule has 0 heterocycles. The molecular formula is C15H15N3OS. The van der Waals surface area contributed by atoms with E-state index in [2.05, 4.69) is 22.7 Å². The number of ether oxygens (including phenoxy) is 1. The van der Waals surface area contributed by atoms with Crippen molar-refractivity contribution in [1.82, 2.24) is 5.43 Å². The topological polar surface area (TPSA) is 59.6 Å². The predicted octanol–water partition coefficient (Wildman–Crippen LogP) is 2.43. The Bertz CT molecular complexity index is 599. The van der Waals surface area contributed by atoms with Crippen molar-refractivity contribution >= 4 is 23.5 Å². The van der Waals surface area contributed by atoms with Gasteiger partial charge < -0.3 is 10.5 Å². The number of benzene rings is 2. The standard InChI is InChI=1S/C15H15N3OS/c16-15(20)18-17-10-13-7-4-8-14(9-13)19-11-12-5-2-1-3-6-12/h1-10H,11H2,(H3,16,18,20)/b17-10+. The number of nitrogens with zero attached hydrogens (tertiary/aromatic N) is 1. The normalized spacial score (nSPS) is 10.4. The zero-order valence-electron chi connectivity index (χ0n) is 10.8. The third kappa shape index (κ3) is 4.70. The molecule has 0 aliphatic carbocycles. The third-order valence-electron chi connectivity index (χ3n) is 2.49. The van der Waals surface area contributed by atoms with Crippen LogP contribution in [0.25, 0.3) is 0 Å². The van der Waals surface area contributed by atoms with Crippen LogP contribution in [-0.2, 0) is 6.61 Å². The molecule has 0 unspecified atom stereocenters. The van der Waals surface area contributed by atoms with Gasteiger partial charge in [-0.1, -0.05) is 42.5 Å². The molecule has 2 rings (SSSR count). The maximum absolute atomic E-state index is 5.73. The van der Waals surface area contributed by atoms with Gasteiger partial charge in [-0.05, 0) is 35.5 Å². The fourth-order valence-corrected chi connectivity index (χ4v) is 1.65. The first kappa shape index (κ1) is 14.0. The summed E-state index contributed by atoms with van der Waals surface area (Å²) in [6.45, 7) is 0.534. The van der Waals surface area contributed by atoms with Gasteiger partial charge in [0.1, 0.15) is 12.4 Å². The molecule has 5 heteroatoms. The Kier molecular flexibility index (Phi) is 5.08. The van der Waals surface area contributed by atoms with Crippen LogP contribution in [0.2, 0.25) is 0 Å². The van der Waals surface area contributed by atoms with E-state index in [1.54, 1.807) is 6.21 Å². The van der Waals surface area contributed by atoms with E-state index >= 15 is 0 Å². The minimum Gasteiger partial charge on any atom is -0.489 e. The summed E-state index contributed by atoms with van der Waals surface area (Å²) >= 11 is 4.66. The smallest absolute Gasteiger partial charge is 0.184 e. The van der Waals surface area contributed by atoms with Crippen LogP contribution in [0.3, 0.4) is 0 Å². The summed E-state index contributed by atoms with van der Waals surface area (Å²) < 4.78 is 5.73. The monoisotopic (exact) mass is 285 g/mol. The fourth-order valence-electron chi connectivity index (χ4n) is 1.60. The molecule has 2 aromatic rings. The van der Waals surface area contributed by atoms with E-state index in [4.69, 9.17) is 10.5 Å². The Balaban J connectivity index is 1.95. The summed E-state index contributed by atoms with van der Waals surface area (Å²) in [5.41, 5.74) is 9.82. The molecule has 102 valence electrons. The number of rotatable bonds is 5. The van der Waals surface area contributed by atoms with Crippen molar-refractivity contribution in [2.24, 2.45) is 10.8 Å². The molecular weight excluding hydrogens is 270 g/mol. The average molecular weight is 285 g/mol. The van der Waals surface area contributed by atoms with Crippen molar-refractivity contribution in [3.05, 3.63) is 65.7 Å². The van der Waals surface area contributed by atoms with Gasteiger partial charge in [0, 0.05) is 0 Å². The zero-order valence-corrected chi connectivity index (χ0v) is 11.6. The molecule has 20 heavy (non-hydrogen) atoms. The van der Waals surface area contributed by atoms with Gasteiger partial charge in [0.05, 0.1) is 6.21 Å². The molecule has 0 aliphatic rings. The summed E-state index contributed by atoms with van der Waals surface area (Å²) in [5.74, 6) is 0.785. The van der Waals surface area contributed by atoms with Gasteiger partial charge in [0.2, 0.25) is 0 Å². The van der Waals surface area contributed by atoms with Gasteiger partial charge in [-0.25, -0.2) is 0 Å². The summed E-state index contributed by atoms with van der Waals surface area (Å²) in [5, 5.41) is 4.04. The van der Waals surface area contributed by atoms with E-state index in [1.165, 1.54) is 0 Å². The number of nitrogens with one attached hydrogen (secondary N) is 1. The first-order valence-electron chi connectivity index (χ1n) is 6.09. The van der Waals surface area contributed by atoms with Crippen LogP contribution in [0.5, 0.6) is 5.75 Å². The van der Waals surface area contributed by atoms with Crippen LogP contribution in [0.15, 0.2) is 59.7 Å². The van der Waals surface area contributed by atoms with Crippen LogP contribution in [0, 0.1) is 0 Å². The Hall–Kier alpha value is -2.40. The SMILES string of the molecule is NC(=S)N/N=C/c1cccc(OCc2ccccc2)c1. The molecule has 0 saturated carbocycles. The highest BCUT2D eigenvalue weighted by Crippen LogP contribution is 2.14. The number of hydrogen-bond donors (Lipinski definition) is 2. The fraction of sp³-hybridized carbons (Fsp3) is 0.0667. The maximum atomic E-state index is 5.73. The molecule has 0 bridgehead atoms. The van der Waals surface area contributed by atoms with Crippen molar-refractivity contribution in [3.8, 4) is 5.75 Å². The molecule has 0 aliphatic heterocycles. The van der Waals surface area contributed by atoms with Crippen molar-refractivity contribution in [1.29, 1.82) is 0 Å². The molecule has 2 aromatic carbocycles. The minimum atomic E-state index is 0.137. The van der Waals surface area contributed by atoms with Crippen LogP contribution < -0.4 is 15.9 Å². The minimum absolute atomic E-state index is 0.137. The summed E-state index contributed by atoms with van der Waals surface area (Å²) in [4.78, 5) is 0. The van der Waals surface area contributed by atoms with Crippen LogP contribution in [0.1, 0.15) is 11.1 Å². The summed E-state index contributed by atoms with van der Waals surface area (Å²) in [7, 11) is 0. The molecule has 0 fully saturated rings. The second-order valence-corrected chi connectivity index (χ2v) is 4.52. The highest BCUT2D eigenvalue weighted by molar-refractivity contribution is 7.80. The molecule has 0 atom stereocenters. The Labute approximate surface area is 123 Å². The third-order valence-corrected chi connectivity index (χ3v) is 2.59. The molecule has 0 aromatic heterocycles. The van der Waals surface area contributed by atoms with E-state index in [-0.39, 0.29) is 5.11 Å². The number of hydrazone groups is 1. The van der Waals surface area contributed by atoms with Crippen molar-refractivity contribution in [2.45, 2.75) is 6.61 Å². The first-order valence-corrected chi connectivity index (χ1v) is 6.50. The van der Waals surface area contributed by atoms with E-state index in [9.17, 15) is 0 Å². The Morgan fingerprint density at radius 1 is 1.20 bits per heavy atom. The second-order valence-electron chi connectivity index (χ2n) is 4.08. The van der Waals surface area contributed by atoms with Crippen molar-refractivity contribution < 1.29 is 4.74 Å².